The SMILES string of the molecule is CC(Br)C(=O)N(CC(=O)OCc1ccccc1)N(C)c1ccccc1. The molecule has 5 nitrogen and oxygen atoms in total. The van der Waals surface area contributed by atoms with Crippen LogP contribution >= 0.6 is 15.9 Å². The maximum Gasteiger partial charge on any atom is 0.328 e. The van der Waals surface area contributed by atoms with Gasteiger partial charge in [0.1, 0.15) is 13.2 Å². The van der Waals surface area contributed by atoms with Crippen LogP contribution in [-0.2, 0) is 20.9 Å². The third-order valence-corrected chi connectivity index (χ3v) is 4.00. The first-order chi connectivity index (χ1) is 12.0. The number of hydrogen-bond donors (Lipinski definition) is 0. The molecule has 1 unspecified atom stereocenters. The number of carbonyl (C=O) groups is 2. The Kier molecular flexibility index (Phi) is 7.01. The Morgan fingerprint density at radius 2 is 1.60 bits per heavy atom. The number of hydrazine groups is 1. The molecule has 0 N–H and O–H groups in total. The molecule has 2 rings (SSSR count). The van der Waals surface area contributed by atoms with Crippen molar-refractivity contribution >= 4 is 33.5 Å². The van der Waals surface area contributed by atoms with Gasteiger partial charge in [-0.05, 0) is 24.6 Å². The number of carbonyl (C=O) groups excluding carboxylic acids is 2. The van der Waals surface area contributed by atoms with E-state index >= 15 is 0 Å². The molecule has 2 aromatic rings. The van der Waals surface area contributed by atoms with Gasteiger partial charge in [0.25, 0.3) is 5.91 Å². The summed E-state index contributed by atoms with van der Waals surface area (Å²) in [4.78, 5) is 24.3. The molecule has 0 radical (unpaired) electrons. The van der Waals surface area contributed by atoms with Gasteiger partial charge < -0.3 is 4.74 Å². The molecule has 2 aromatic carbocycles. The standard InChI is InChI=1S/C19H21BrN2O3/c1-15(20)19(24)22(21(2)17-11-7-4-8-12-17)13-18(23)25-14-16-9-5-3-6-10-16/h3-12,15H,13-14H2,1-2H3. The van der Waals surface area contributed by atoms with Gasteiger partial charge in [0.2, 0.25) is 0 Å². The van der Waals surface area contributed by atoms with Crippen molar-refractivity contribution < 1.29 is 14.3 Å². The van der Waals surface area contributed by atoms with Crippen LogP contribution in [0, 0.1) is 0 Å². The Morgan fingerprint density at radius 1 is 1.04 bits per heavy atom. The quantitative estimate of drug-likeness (QED) is 0.403. The minimum Gasteiger partial charge on any atom is -0.459 e. The van der Waals surface area contributed by atoms with Crippen LogP contribution in [0.1, 0.15) is 12.5 Å². The van der Waals surface area contributed by atoms with Crippen LogP contribution < -0.4 is 5.01 Å². The highest BCUT2D eigenvalue weighted by atomic mass is 79.9. The van der Waals surface area contributed by atoms with Crippen molar-refractivity contribution in [2.75, 3.05) is 18.6 Å². The van der Waals surface area contributed by atoms with Crippen LogP contribution in [0.25, 0.3) is 0 Å². The fraction of sp³-hybridized carbons (Fsp3) is 0.263. The minimum absolute atomic E-state index is 0.160. The predicted octanol–water partition coefficient (Wildman–Crippen LogP) is 3.39. The van der Waals surface area contributed by atoms with E-state index in [4.69, 9.17) is 4.74 Å². The molecular formula is C19H21BrN2O3. The maximum absolute atomic E-state index is 12.5. The summed E-state index contributed by atoms with van der Waals surface area (Å²) in [5.74, 6) is -0.684. The van der Waals surface area contributed by atoms with Crippen molar-refractivity contribution in [2.24, 2.45) is 0 Å². The van der Waals surface area contributed by atoms with Crippen LogP contribution in [0.15, 0.2) is 60.7 Å². The Balaban J connectivity index is 2.05. The van der Waals surface area contributed by atoms with Crippen LogP contribution in [0.3, 0.4) is 0 Å². The van der Waals surface area contributed by atoms with Crippen LogP contribution in [0.4, 0.5) is 5.69 Å². The lowest BCUT2D eigenvalue weighted by Crippen LogP contribution is -2.49. The van der Waals surface area contributed by atoms with Gasteiger partial charge in [-0.15, -0.1) is 0 Å². The lowest BCUT2D eigenvalue weighted by Gasteiger charge is -2.33. The number of ether oxygens (including phenoxy) is 1. The summed E-state index contributed by atoms with van der Waals surface area (Å²) in [7, 11) is 1.74. The molecule has 0 aromatic heterocycles. The largest absolute Gasteiger partial charge is 0.459 e. The smallest absolute Gasteiger partial charge is 0.328 e. The first-order valence-electron chi connectivity index (χ1n) is 7.92. The Labute approximate surface area is 156 Å². The average molecular weight is 405 g/mol. The lowest BCUT2D eigenvalue weighted by molar-refractivity contribution is -0.150. The highest BCUT2D eigenvalue weighted by Gasteiger charge is 2.25. The number of amides is 1. The molecule has 0 aliphatic heterocycles. The van der Waals surface area contributed by atoms with Gasteiger partial charge in [0, 0.05) is 7.05 Å². The topological polar surface area (TPSA) is 49.9 Å². The fourth-order valence-corrected chi connectivity index (χ4v) is 2.46. The number of nitrogens with zero attached hydrogens (tertiary/aromatic N) is 2. The number of para-hydroxylation sites is 1. The van der Waals surface area contributed by atoms with Crippen LogP contribution in [0.5, 0.6) is 0 Å². The molecule has 0 spiro atoms. The summed E-state index contributed by atoms with van der Waals surface area (Å²) >= 11 is 3.28. The number of alkyl halides is 1. The number of anilines is 1. The second-order valence-electron chi connectivity index (χ2n) is 5.52. The molecule has 0 aliphatic rings. The summed E-state index contributed by atoms with van der Waals surface area (Å²) in [5.41, 5.74) is 1.71. The Hall–Kier alpha value is -2.34. The number of esters is 1. The third-order valence-electron chi connectivity index (χ3n) is 3.61. The van der Waals surface area contributed by atoms with Gasteiger partial charge in [0.05, 0.1) is 10.5 Å². The van der Waals surface area contributed by atoms with E-state index in [1.54, 1.807) is 19.0 Å². The van der Waals surface area contributed by atoms with E-state index in [0.717, 1.165) is 11.3 Å². The molecular weight excluding hydrogens is 384 g/mol. The van der Waals surface area contributed by atoms with E-state index in [9.17, 15) is 9.59 Å². The highest BCUT2D eigenvalue weighted by Crippen LogP contribution is 2.16. The fourth-order valence-electron chi connectivity index (χ4n) is 2.23. The average Bonchev–Trinajstić information content (AvgIpc) is 2.64. The number of halogens is 1. The normalized spacial score (nSPS) is 11.5. The zero-order valence-electron chi connectivity index (χ0n) is 14.3. The lowest BCUT2D eigenvalue weighted by atomic mass is 10.2. The molecule has 25 heavy (non-hydrogen) atoms. The van der Waals surface area contributed by atoms with Gasteiger partial charge in [-0.3, -0.25) is 14.6 Å². The van der Waals surface area contributed by atoms with Crippen molar-refractivity contribution in [2.45, 2.75) is 18.4 Å². The Bertz CT molecular complexity index is 692. The zero-order valence-corrected chi connectivity index (χ0v) is 15.8. The maximum atomic E-state index is 12.5. The van der Waals surface area contributed by atoms with E-state index < -0.39 is 10.8 Å². The molecule has 0 saturated heterocycles. The van der Waals surface area contributed by atoms with Gasteiger partial charge in [-0.1, -0.05) is 64.5 Å². The summed E-state index contributed by atoms with van der Waals surface area (Å²) < 4.78 is 5.30. The van der Waals surface area contributed by atoms with Crippen molar-refractivity contribution in [3.63, 3.8) is 0 Å². The van der Waals surface area contributed by atoms with E-state index in [2.05, 4.69) is 15.9 Å². The molecule has 132 valence electrons. The molecule has 0 saturated carbocycles. The zero-order chi connectivity index (χ0) is 18.2. The second kappa shape index (κ2) is 9.22. The first kappa shape index (κ1) is 19.0. The number of rotatable bonds is 7. The number of hydrogen-bond acceptors (Lipinski definition) is 4. The van der Waals surface area contributed by atoms with E-state index in [1.807, 2.05) is 60.7 Å². The molecule has 6 heteroatoms. The number of benzene rings is 2. The van der Waals surface area contributed by atoms with Crippen molar-refractivity contribution in [3.05, 3.63) is 66.2 Å². The molecule has 1 atom stereocenters. The second-order valence-corrected chi connectivity index (χ2v) is 6.89. The van der Waals surface area contributed by atoms with Crippen LogP contribution in [0.2, 0.25) is 0 Å². The highest BCUT2D eigenvalue weighted by molar-refractivity contribution is 9.10. The summed E-state index contributed by atoms with van der Waals surface area (Å²) in [6, 6.07) is 18.8. The molecule has 0 fully saturated rings. The minimum atomic E-state index is -0.465. The van der Waals surface area contributed by atoms with Crippen molar-refractivity contribution in [3.8, 4) is 0 Å². The summed E-state index contributed by atoms with van der Waals surface area (Å²) in [6.07, 6.45) is 0. The molecule has 0 heterocycles. The van der Waals surface area contributed by atoms with E-state index in [1.165, 1.54) is 5.01 Å². The molecule has 1 amide bonds. The molecule has 0 aliphatic carbocycles. The van der Waals surface area contributed by atoms with Crippen molar-refractivity contribution in [1.82, 2.24) is 5.01 Å². The van der Waals surface area contributed by atoms with Gasteiger partial charge in [0.15, 0.2) is 0 Å². The van der Waals surface area contributed by atoms with Gasteiger partial charge in [-0.2, -0.15) is 0 Å². The predicted molar refractivity (Wildman–Crippen MR) is 101 cm³/mol. The Morgan fingerprint density at radius 3 is 2.16 bits per heavy atom. The van der Waals surface area contributed by atoms with Crippen molar-refractivity contribution in [1.29, 1.82) is 0 Å². The van der Waals surface area contributed by atoms with Gasteiger partial charge in [-0.25, -0.2) is 5.01 Å². The molecule has 0 bridgehead atoms. The van der Waals surface area contributed by atoms with Crippen LogP contribution in [-0.4, -0.2) is 35.3 Å². The third kappa shape index (κ3) is 5.60. The monoisotopic (exact) mass is 404 g/mol. The summed E-state index contributed by atoms with van der Waals surface area (Å²) in [5, 5.41) is 3.03. The van der Waals surface area contributed by atoms with E-state index in [-0.39, 0.29) is 19.1 Å². The van der Waals surface area contributed by atoms with E-state index in [0.29, 0.717) is 0 Å². The first-order valence-corrected chi connectivity index (χ1v) is 8.84. The van der Waals surface area contributed by atoms with Gasteiger partial charge >= 0.3 is 5.97 Å². The summed E-state index contributed by atoms with van der Waals surface area (Å²) in [6.45, 7) is 1.75.